The molecule has 4 aromatic rings. The van der Waals surface area contributed by atoms with Gasteiger partial charge in [-0.3, -0.25) is 9.59 Å². The molecule has 0 bridgehead atoms. The van der Waals surface area contributed by atoms with Gasteiger partial charge < -0.3 is 25.0 Å². The number of nitrogens with one attached hydrogen (secondary N) is 2. The van der Waals surface area contributed by atoms with Crippen molar-refractivity contribution in [2.24, 2.45) is 5.92 Å². The molecule has 1 atom stereocenters. The van der Waals surface area contributed by atoms with Gasteiger partial charge in [-0.15, -0.1) is 0 Å². The van der Waals surface area contributed by atoms with Crippen LogP contribution in [0.1, 0.15) is 23.7 Å². The van der Waals surface area contributed by atoms with Crippen LogP contribution in [0.3, 0.4) is 0 Å². The van der Waals surface area contributed by atoms with Crippen molar-refractivity contribution in [3.8, 4) is 34.1 Å². The lowest BCUT2D eigenvalue weighted by molar-refractivity contribution is -0.127. The summed E-state index contributed by atoms with van der Waals surface area (Å²) in [6.45, 7) is 3.77. The zero-order chi connectivity index (χ0) is 25.2. The van der Waals surface area contributed by atoms with Crippen LogP contribution in [0, 0.1) is 5.92 Å². The third-order valence-corrected chi connectivity index (χ3v) is 6.50. The molecule has 1 unspecified atom stereocenters. The molecule has 0 spiro atoms. The Hall–Kier alpha value is -4.40. The van der Waals surface area contributed by atoms with E-state index in [4.69, 9.17) is 4.74 Å². The topological polar surface area (TPSA) is 120 Å². The van der Waals surface area contributed by atoms with Crippen molar-refractivity contribution in [2.45, 2.75) is 13.3 Å². The predicted molar refractivity (Wildman–Crippen MR) is 136 cm³/mol. The van der Waals surface area contributed by atoms with Gasteiger partial charge in [0, 0.05) is 49.3 Å². The number of likely N-dealkylation sites (tertiary alicyclic amines) is 1. The van der Waals surface area contributed by atoms with Gasteiger partial charge in [0.1, 0.15) is 11.6 Å². The second-order valence-electron chi connectivity index (χ2n) is 8.82. The summed E-state index contributed by atoms with van der Waals surface area (Å²) in [6, 6.07) is 14.2. The fraction of sp³-hybridized carbons (Fsp3) is 0.259. The highest BCUT2D eigenvalue weighted by molar-refractivity contribution is 5.98. The number of benzene rings is 2. The first-order valence-corrected chi connectivity index (χ1v) is 11.8. The normalized spacial score (nSPS) is 15.4. The minimum atomic E-state index is -0.211. The summed E-state index contributed by atoms with van der Waals surface area (Å²) < 4.78 is 5.37. The van der Waals surface area contributed by atoms with Crippen molar-refractivity contribution in [3.63, 3.8) is 0 Å². The van der Waals surface area contributed by atoms with Crippen LogP contribution in [0.5, 0.6) is 11.6 Å². The first-order chi connectivity index (χ1) is 17.5. The molecule has 0 radical (unpaired) electrons. The third kappa shape index (κ3) is 4.47. The molecule has 3 heterocycles. The Balaban J connectivity index is 1.37. The predicted octanol–water partition coefficient (Wildman–Crippen LogP) is 3.60. The molecule has 0 aliphatic carbocycles. The maximum atomic E-state index is 12.8. The number of rotatable bonds is 7. The molecule has 1 aliphatic heterocycles. The maximum absolute atomic E-state index is 12.8. The van der Waals surface area contributed by atoms with Crippen molar-refractivity contribution < 1.29 is 19.4 Å². The highest BCUT2D eigenvalue weighted by atomic mass is 16.5. The van der Waals surface area contributed by atoms with E-state index in [0.29, 0.717) is 54.4 Å². The smallest absolute Gasteiger partial charge is 0.251 e. The van der Waals surface area contributed by atoms with Gasteiger partial charge in [0.2, 0.25) is 11.8 Å². The number of imidazole rings is 1. The number of methoxy groups -OCH3 is 1. The first-order valence-electron chi connectivity index (χ1n) is 11.8. The molecule has 0 saturated carbocycles. The number of phenols is 1. The van der Waals surface area contributed by atoms with Crippen LogP contribution in [0.25, 0.3) is 33.5 Å². The van der Waals surface area contributed by atoms with Gasteiger partial charge in [-0.2, -0.15) is 0 Å². The van der Waals surface area contributed by atoms with Gasteiger partial charge in [0.05, 0.1) is 23.7 Å². The number of aromatic nitrogens is 3. The number of fused-ring (bicyclic) bond motifs is 1. The van der Waals surface area contributed by atoms with E-state index in [0.717, 1.165) is 16.6 Å². The quantitative estimate of drug-likeness (QED) is 0.368. The number of carbonyl (C=O) groups excluding carboxylic acids is 2. The molecule has 2 amide bonds. The molecule has 2 aromatic heterocycles. The molecule has 2 aromatic carbocycles. The van der Waals surface area contributed by atoms with Crippen molar-refractivity contribution in [2.75, 3.05) is 26.7 Å². The van der Waals surface area contributed by atoms with Crippen molar-refractivity contribution in [1.29, 1.82) is 0 Å². The Kier molecular flexibility index (Phi) is 6.28. The summed E-state index contributed by atoms with van der Waals surface area (Å²) in [4.78, 5) is 38.6. The van der Waals surface area contributed by atoms with Crippen molar-refractivity contribution in [3.05, 3.63) is 60.3 Å². The third-order valence-electron chi connectivity index (χ3n) is 6.50. The van der Waals surface area contributed by atoms with Crippen LogP contribution in [0.4, 0.5) is 0 Å². The Labute approximate surface area is 208 Å². The minimum Gasteiger partial charge on any atom is -0.507 e. The molecule has 1 fully saturated rings. The number of aromatic hydroxyl groups is 1. The highest BCUT2D eigenvalue weighted by Gasteiger charge is 2.28. The van der Waals surface area contributed by atoms with E-state index in [1.807, 2.05) is 30.0 Å². The van der Waals surface area contributed by atoms with Gasteiger partial charge in [0.25, 0.3) is 5.91 Å². The second kappa shape index (κ2) is 9.69. The van der Waals surface area contributed by atoms with Crippen LogP contribution >= 0.6 is 0 Å². The molecule has 9 heteroatoms. The largest absolute Gasteiger partial charge is 0.507 e. The minimum absolute atomic E-state index is 0.0749. The Morgan fingerprint density at radius 1 is 1.22 bits per heavy atom. The summed E-state index contributed by atoms with van der Waals surface area (Å²) in [5.41, 5.74) is 3.96. The number of pyridine rings is 1. The zero-order valence-electron chi connectivity index (χ0n) is 20.1. The number of aromatic amines is 1. The van der Waals surface area contributed by atoms with Gasteiger partial charge >= 0.3 is 0 Å². The number of hydrogen-bond donors (Lipinski definition) is 3. The summed E-state index contributed by atoms with van der Waals surface area (Å²) in [5.74, 6) is 1.09. The van der Waals surface area contributed by atoms with Crippen LogP contribution in [0.2, 0.25) is 0 Å². The fourth-order valence-electron chi connectivity index (χ4n) is 4.58. The van der Waals surface area contributed by atoms with E-state index < -0.39 is 0 Å². The second-order valence-corrected chi connectivity index (χ2v) is 8.82. The molecule has 36 heavy (non-hydrogen) atoms. The van der Waals surface area contributed by atoms with Gasteiger partial charge in [-0.25, -0.2) is 9.97 Å². The van der Waals surface area contributed by atoms with Crippen LogP contribution < -0.4 is 10.1 Å². The number of H-pyrrole nitrogens is 1. The molecule has 9 nitrogen and oxygen atoms in total. The SMILES string of the molecule is CCN1CC(CNC(=O)c2ccc3[nH]c(-c4cc(-c5cccnc5OC)ccc4O)nc3c2)CC1=O. The van der Waals surface area contributed by atoms with Crippen molar-refractivity contribution in [1.82, 2.24) is 25.2 Å². The van der Waals surface area contributed by atoms with E-state index in [2.05, 4.69) is 20.3 Å². The summed E-state index contributed by atoms with van der Waals surface area (Å²) in [7, 11) is 1.56. The molecule has 1 saturated heterocycles. The molecule has 5 rings (SSSR count). The first kappa shape index (κ1) is 23.3. The standard InChI is InChI=1S/C27H27N5O4/c1-3-32-15-16(11-24(32)34)14-29-26(35)18-6-8-21-22(13-18)31-25(30-21)20-12-17(7-9-23(20)33)19-5-4-10-28-27(19)36-2/h4-10,12-13,16,33H,3,11,14-15H2,1-2H3,(H,29,35)(H,30,31). The van der Waals surface area contributed by atoms with Gasteiger partial charge in [-0.1, -0.05) is 6.07 Å². The van der Waals surface area contributed by atoms with Gasteiger partial charge in [0.15, 0.2) is 0 Å². The molecular weight excluding hydrogens is 458 g/mol. The van der Waals surface area contributed by atoms with E-state index in [1.54, 1.807) is 43.6 Å². The zero-order valence-corrected chi connectivity index (χ0v) is 20.1. The number of nitrogens with zero attached hydrogens (tertiary/aromatic N) is 3. The lowest BCUT2D eigenvalue weighted by Crippen LogP contribution is -2.31. The number of phenolic OH excluding ortho intramolecular Hbond substituents is 1. The van der Waals surface area contributed by atoms with Crippen LogP contribution in [-0.2, 0) is 4.79 Å². The maximum Gasteiger partial charge on any atom is 0.251 e. The monoisotopic (exact) mass is 485 g/mol. The Morgan fingerprint density at radius 3 is 2.86 bits per heavy atom. The van der Waals surface area contributed by atoms with Crippen LogP contribution in [0.15, 0.2) is 54.7 Å². The van der Waals surface area contributed by atoms with E-state index in [1.165, 1.54) is 0 Å². The van der Waals surface area contributed by atoms with E-state index in [-0.39, 0.29) is 23.5 Å². The molecule has 184 valence electrons. The molecular formula is C27H27N5O4. The summed E-state index contributed by atoms with van der Waals surface area (Å²) >= 11 is 0. The number of amides is 2. The molecule has 3 N–H and O–H groups in total. The lowest BCUT2D eigenvalue weighted by atomic mass is 10.0. The van der Waals surface area contributed by atoms with Crippen LogP contribution in [-0.4, -0.2) is 63.5 Å². The van der Waals surface area contributed by atoms with Gasteiger partial charge in [-0.05, 0) is 55.0 Å². The Bertz CT molecular complexity index is 1450. The number of carbonyl (C=O) groups is 2. The Morgan fingerprint density at radius 2 is 2.08 bits per heavy atom. The number of ether oxygens (including phenoxy) is 1. The lowest BCUT2D eigenvalue weighted by Gasteiger charge is -2.14. The summed E-state index contributed by atoms with van der Waals surface area (Å²) in [6.07, 6.45) is 2.12. The van der Waals surface area contributed by atoms with E-state index >= 15 is 0 Å². The summed E-state index contributed by atoms with van der Waals surface area (Å²) in [5, 5.41) is 13.5. The average molecular weight is 486 g/mol. The average Bonchev–Trinajstić information content (AvgIpc) is 3.49. The highest BCUT2D eigenvalue weighted by Crippen LogP contribution is 2.35. The fourth-order valence-corrected chi connectivity index (χ4v) is 4.58. The number of hydrogen-bond acceptors (Lipinski definition) is 6. The van der Waals surface area contributed by atoms with Crippen molar-refractivity contribution >= 4 is 22.8 Å². The molecule has 1 aliphatic rings. The van der Waals surface area contributed by atoms with E-state index in [9.17, 15) is 14.7 Å².